The summed E-state index contributed by atoms with van der Waals surface area (Å²) in [5.74, 6) is 0.432. The van der Waals surface area contributed by atoms with Crippen LogP contribution < -0.4 is 14.4 Å². The summed E-state index contributed by atoms with van der Waals surface area (Å²) in [7, 11) is -2.32. The highest BCUT2D eigenvalue weighted by molar-refractivity contribution is 7.92. The standard InChI is InChI=1S/C24H24N2O4S/c1-17-9-10-19(24(27)26-15-5-7-18-6-3-4-8-22(18)26)16-23(17)31(28,29)25-20-11-13-21(30-2)14-12-20/h3-4,6,8-14,16,25H,5,7,15H2,1-2H3. The van der Waals surface area contributed by atoms with Gasteiger partial charge in [-0.1, -0.05) is 24.3 Å². The molecule has 0 atom stereocenters. The quantitative estimate of drug-likeness (QED) is 0.643. The Hall–Kier alpha value is -3.32. The van der Waals surface area contributed by atoms with Gasteiger partial charge in [-0.15, -0.1) is 0 Å². The third kappa shape index (κ3) is 4.27. The van der Waals surface area contributed by atoms with E-state index < -0.39 is 10.0 Å². The van der Waals surface area contributed by atoms with Crippen molar-refractivity contribution in [3.63, 3.8) is 0 Å². The van der Waals surface area contributed by atoms with Crippen molar-refractivity contribution >= 4 is 27.3 Å². The van der Waals surface area contributed by atoms with Crippen molar-refractivity contribution in [2.24, 2.45) is 0 Å². The third-order valence-electron chi connectivity index (χ3n) is 5.42. The van der Waals surface area contributed by atoms with Crippen LogP contribution in [0.3, 0.4) is 0 Å². The lowest BCUT2D eigenvalue weighted by Crippen LogP contribution is -2.35. The molecule has 0 unspecified atom stereocenters. The molecule has 1 heterocycles. The number of amides is 1. The van der Waals surface area contributed by atoms with Gasteiger partial charge in [-0.25, -0.2) is 8.42 Å². The number of hydrogen-bond donors (Lipinski definition) is 1. The number of nitrogens with one attached hydrogen (secondary N) is 1. The summed E-state index contributed by atoms with van der Waals surface area (Å²) in [4.78, 5) is 15.1. The van der Waals surface area contributed by atoms with Crippen LogP contribution in [0.15, 0.2) is 71.6 Å². The number of anilines is 2. The van der Waals surface area contributed by atoms with Crippen molar-refractivity contribution < 1.29 is 17.9 Å². The van der Waals surface area contributed by atoms with E-state index >= 15 is 0 Å². The van der Waals surface area contributed by atoms with Gasteiger partial charge in [0, 0.05) is 23.5 Å². The lowest BCUT2D eigenvalue weighted by molar-refractivity contribution is 0.0985. The lowest BCUT2D eigenvalue weighted by atomic mass is 10.0. The van der Waals surface area contributed by atoms with Gasteiger partial charge in [0.1, 0.15) is 5.75 Å². The summed E-state index contributed by atoms with van der Waals surface area (Å²) in [6.45, 7) is 2.32. The van der Waals surface area contributed by atoms with Gasteiger partial charge in [0.15, 0.2) is 0 Å². The van der Waals surface area contributed by atoms with Crippen LogP contribution in [0.25, 0.3) is 0 Å². The van der Waals surface area contributed by atoms with Crippen LogP contribution in [0, 0.1) is 6.92 Å². The third-order valence-corrected chi connectivity index (χ3v) is 6.95. The molecule has 1 amide bonds. The SMILES string of the molecule is COc1ccc(NS(=O)(=O)c2cc(C(=O)N3CCCc4ccccc43)ccc2C)cc1. The number of methoxy groups -OCH3 is 1. The minimum Gasteiger partial charge on any atom is -0.497 e. The molecule has 3 aromatic carbocycles. The number of nitrogens with zero attached hydrogens (tertiary/aromatic N) is 1. The topological polar surface area (TPSA) is 75.7 Å². The molecule has 0 aliphatic carbocycles. The Balaban J connectivity index is 1.64. The first-order valence-electron chi connectivity index (χ1n) is 10.1. The highest BCUT2D eigenvalue weighted by Crippen LogP contribution is 2.29. The molecule has 0 bridgehead atoms. The fraction of sp³-hybridized carbons (Fsp3) is 0.208. The van der Waals surface area contributed by atoms with E-state index in [9.17, 15) is 13.2 Å². The molecule has 0 radical (unpaired) electrons. The second-order valence-electron chi connectivity index (χ2n) is 7.50. The number of fused-ring (bicyclic) bond motifs is 1. The molecule has 7 heteroatoms. The molecular weight excluding hydrogens is 412 g/mol. The zero-order valence-corrected chi connectivity index (χ0v) is 18.3. The maximum atomic E-state index is 13.3. The normalized spacial score (nSPS) is 13.4. The summed E-state index contributed by atoms with van der Waals surface area (Å²) in [6, 6.07) is 19.3. The molecule has 1 aliphatic rings. The van der Waals surface area contributed by atoms with Crippen molar-refractivity contribution in [3.05, 3.63) is 83.4 Å². The van der Waals surface area contributed by atoms with Gasteiger partial charge in [-0.2, -0.15) is 0 Å². The predicted octanol–water partition coefficient (Wildman–Crippen LogP) is 4.40. The van der Waals surface area contributed by atoms with Gasteiger partial charge in [-0.3, -0.25) is 9.52 Å². The van der Waals surface area contributed by atoms with Gasteiger partial charge in [-0.05, 0) is 73.4 Å². The Morgan fingerprint density at radius 3 is 2.52 bits per heavy atom. The Kier molecular flexibility index (Phi) is 5.69. The Bertz CT molecular complexity index is 1220. The van der Waals surface area contributed by atoms with Crippen LogP contribution in [-0.2, 0) is 16.4 Å². The van der Waals surface area contributed by atoms with E-state index in [0.717, 1.165) is 24.1 Å². The van der Waals surface area contributed by atoms with E-state index in [4.69, 9.17) is 4.74 Å². The van der Waals surface area contributed by atoms with Gasteiger partial charge < -0.3 is 9.64 Å². The number of rotatable bonds is 5. The van der Waals surface area contributed by atoms with E-state index in [2.05, 4.69) is 4.72 Å². The minimum atomic E-state index is -3.87. The zero-order valence-electron chi connectivity index (χ0n) is 17.5. The van der Waals surface area contributed by atoms with Crippen molar-refractivity contribution in [2.45, 2.75) is 24.7 Å². The summed E-state index contributed by atoms with van der Waals surface area (Å²) >= 11 is 0. The molecular formula is C24H24N2O4S. The molecule has 0 spiro atoms. The molecule has 3 aromatic rings. The average Bonchev–Trinajstić information content (AvgIpc) is 2.78. The van der Waals surface area contributed by atoms with Gasteiger partial charge in [0.25, 0.3) is 15.9 Å². The van der Waals surface area contributed by atoms with Crippen LogP contribution in [0.4, 0.5) is 11.4 Å². The number of carbonyl (C=O) groups is 1. The van der Waals surface area contributed by atoms with Crippen LogP contribution in [-0.4, -0.2) is 28.0 Å². The van der Waals surface area contributed by atoms with E-state index in [1.54, 1.807) is 55.3 Å². The fourth-order valence-corrected chi connectivity index (χ4v) is 5.12. The van der Waals surface area contributed by atoms with Crippen LogP contribution >= 0.6 is 0 Å². The molecule has 0 saturated heterocycles. The average molecular weight is 437 g/mol. The number of carbonyl (C=O) groups excluding carboxylic acids is 1. The molecule has 1 aliphatic heterocycles. The minimum absolute atomic E-state index is 0.0828. The number of para-hydroxylation sites is 1. The molecule has 160 valence electrons. The molecule has 0 aromatic heterocycles. The second kappa shape index (κ2) is 8.43. The van der Waals surface area contributed by atoms with E-state index in [-0.39, 0.29) is 10.8 Å². The molecule has 0 saturated carbocycles. The largest absolute Gasteiger partial charge is 0.497 e. The van der Waals surface area contributed by atoms with E-state index in [0.29, 0.717) is 29.1 Å². The molecule has 31 heavy (non-hydrogen) atoms. The maximum absolute atomic E-state index is 13.3. The Labute approximate surface area is 182 Å². The first-order chi connectivity index (χ1) is 14.9. The van der Waals surface area contributed by atoms with Crippen LogP contribution in [0.5, 0.6) is 5.75 Å². The van der Waals surface area contributed by atoms with Crippen molar-refractivity contribution in [2.75, 3.05) is 23.3 Å². The van der Waals surface area contributed by atoms with Gasteiger partial charge in [0.05, 0.1) is 12.0 Å². The van der Waals surface area contributed by atoms with Crippen LogP contribution in [0.1, 0.15) is 27.9 Å². The maximum Gasteiger partial charge on any atom is 0.262 e. The Morgan fingerprint density at radius 1 is 1.03 bits per heavy atom. The summed E-state index contributed by atoms with van der Waals surface area (Å²) in [5.41, 5.74) is 3.35. The van der Waals surface area contributed by atoms with Crippen molar-refractivity contribution in [3.8, 4) is 5.75 Å². The highest BCUT2D eigenvalue weighted by Gasteiger charge is 2.25. The molecule has 6 nitrogen and oxygen atoms in total. The summed E-state index contributed by atoms with van der Waals surface area (Å²) < 4.78 is 33.8. The Morgan fingerprint density at radius 2 is 1.77 bits per heavy atom. The highest BCUT2D eigenvalue weighted by atomic mass is 32.2. The number of benzene rings is 3. The van der Waals surface area contributed by atoms with Gasteiger partial charge >= 0.3 is 0 Å². The van der Waals surface area contributed by atoms with E-state index in [1.807, 2.05) is 24.3 Å². The zero-order chi connectivity index (χ0) is 22.0. The van der Waals surface area contributed by atoms with Crippen molar-refractivity contribution in [1.82, 2.24) is 0 Å². The number of ether oxygens (including phenoxy) is 1. The first kappa shape index (κ1) is 20.9. The number of hydrogen-bond acceptors (Lipinski definition) is 4. The lowest BCUT2D eigenvalue weighted by Gasteiger charge is -2.29. The van der Waals surface area contributed by atoms with Crippen LogP contribution in [0.2, 0.25) is 0 Å². The molecule has 4 rings (SSSR count). The number of aryl methyl sites for hydroxylation is 2. The molecule has 0 fully saturated rings. The summed E-state index contributed by atoms with van der Waals surface area (Å²) in [5, 5.41) is 0. The predicted molar refractivity (Wildman–Crippen MR) is 121 cm³/mol. The molecule has 1 N–H and O–H groups in total. The first-order valence-corrected chi connectivity index (χ1v) is 11.5. The monoisotopic (exact) mass is 436 g/mol. The second-order valence-corrected chi connectivity index (χ2v) is 9.15. The van der Waals surface area contributed by atoms with Gasteiger partial charge in [0.2, 0.25) is 0 Å². The van der Waals surface area contributed by atoms with Crippen molar-refractivity contribution in [1.29, 1.82) is 0 Å². The summed E-state index contributed by atoms with van der Waals surface area (Å²) in [6.07, 6.45) is 1.80. The number of sulfonamides is 1. The fourth-order valence-electron chi connectivity index (χ4n) is 3.79. The smallest absolute Gasteiger partial charge is 0.262 e. The van der Waals surface area contributed by atoms with E-state index in [1.165, 1.54) is 6.07 Å².